The number of halogens is 1. The highest BCUT2D eigenvalue weighted by atomic mass is 35.5. The SMILES string of the molecule is CN1C(=O)[C@@H](N2CCc3c(nn(Cc4ccccc4)c3Cl)C2=O)COc2cc(-c3ccn(C)n3)ccc21. The van der Waals surface area contributed by atoms with Gasteiger partial charge in [-0.15, -0.1) is 0 Å². The minimum absolute atomic E-state index is 0.0430. The van der Waals surface area contributed by atoms with Crippen LogP contribution in [0.3, 0.4) is 0 Å². The Morgan fingerprint density at radius 3 is 2.62 bits per heavy atom. The first kappa shape index (κ1) is 23.3. The molecule has 2 aromatic heterocycles. The molecule has 4 heterocycles. The lowest BCUT2D eigenvalue weighted by molar-refractivity contribution is -0.123. The first-order valence-corrected chi connectivity index (χ1v) is 12.4. The number of hydrogen-bond acceptors (Lipinski definition) is 5. The molecule has 0 aliphatic carbocycles. The normalized spacial score (nSPS) is 17.3. The van der Waals surface area contributed by atoms with Crippen molar-refractivity contribution in [2.24, 2.45) is 7.05 Å². The summed E-state index contributed by atoms with van der Waals surface area (Å²) in [6.07, 6.45) is 2.39. The van der Waals surface area contributed by atoms with Crippen LogP contribution >= 0.6 is 11.6 Å². The van der Waals surface area contributed by atoms with Crippen LogP contribution in [0.15, 0.2) is 60.8 Å². The summed E-state index contributed by atoms with van der Waals surface area (Å²) < 4.78 is 9.51. The van der Waals surface area contributed by atoms with Crippen LogP contribution in [0.2, 0.25) is 5.15 Å². The van der Waals surface area contributed by atoms with E-state index in [1.165, 1.54) is 0 Å². The van der Waals surface area contributed by atoms with Crippen molar-refractivity contribution in [1.82, 2.24) is 24.5 Å². The van der Waals surface area contributed by atoms with Gasteiger partial charge in [-0.25, -0.2) is 4.68 Å². The minimum atomic E-state index is -0.783. The Hall–Kier alpha value is -4.11. The van der Waals surface area contributed by atoms with E-state index in [1.807, 2.05) is 67.8 Å². The minimum Gasteiger partial charge on any atom is -0.489 e. The lowest BCUT2D eigenvalue weighted by atomic mass is 10.0. The van der Waals surface area contributed by atoms with Crippen molar-refractivity contribution in [2.45, 2.75) is 19.0 Å². The molecule has 6 rings (SSSR count). The molecule has 0 N–H and O–H groups in total. The second-order valence-corrected chi connectivity index (χ2v) is 9.65. The Morgan fingerprint density at radius 2 is 1.86 bits per heavy atom. The second kappa shape index (κ2) is 9.08. The molecule has 0 spiro atoms. The topological polar surface area (TPSA) is 85.5 Å². The maximum absolute atomic E-state index is 13.6. The van der Waals surface area contributed by atoms with Gasteiger partial charge in [0.1, 0.15) is 23.6 Å². The van der Waals surface area contributed by atoms with Gasteiger partial charge in [-0.2, -0.15) is 10.2 Å². The molecule has 0 unspecified atom stereocenters. The van der Waals surface area contributed by atoms with E-state index in [9.17, 15) is 9.59 Å². The summed E-state index contributed by atoms with van der Waals surface area (Å²) >= 11 is 6.62. The number of ether oxygens (including phenoxy) is 1. The molecule has 4 aromatic rings. The fraction of sp³-hybridized carbons (Fsp3) is 0.259. The van der Waals surface area contributed by atoms with E-state index < -0.39 is 6.04 Å². The molecule has 188 valence electrons. The first-order chi connectivity index (χ1) is 17.9. The number of anilines is 1. The number of benzene rings is 2. The van der Waals surface area contributed by atoms with Crippen LogP contribution in [0.25, 0.3) is 11.3 Å². The first-order valence-electron chi connectivity index (χ1n) is 12.0. The van der Waals surface area contributed by atoms with Crippen molar-refractivity contribution in [3.63, 3.8) is 0 Å². The molecule has 0 radical (unpaired) electrons. The molecule has 0 bridgehead atoms. The quantitative estimate of drug-likeness (QED) is 0.415. The van der Waals surface area contributed by atoms with Gasteiger partial charge in [0.15, 0.2) is 5.69 Å². The summed E-state index contributed by atoms with van der Waals surface area (Å²) in [6.45, 7) is 0.856. The molecule has 9 nitrogen and oxygen atoms in total. The summed E-state index contributed by atoms with van der Waals surface area (Å²) in [7, 11) is 3.56. The van der Waals surface area contributed by atoms with Crippen molar-refractivity contribution in [2.75, 3.05) is 25.1 Å². The van der Waals surface area contributed by atoms with Crippen LogP contribution < -0.4 is 9.64 Å². The maximum atomic E-state index is 13.6. The molecule has 2 amide bonds. The molecular formula is C27H25ClN6O3. The van der Waals surface area contributed by atoms with E-state index in [1.54, 1.807) is 26.2 Å². The predicted molar refractivity (Wildman–Crippen MR) is 139 cm³/mol. The van der Waals surface area contributed by atoms with E-state index in [2.05, 4.69) is 10.2 Å². The van der Waals surface area contributed by atoms with Crippen LogP contribution in [-0.2, 0) is 24.8 Å². The summed E-state index contributed by atoms with van der Waals surface area (Å²) in [5.41, 5.74) is 4.39. The largest absolute Gasteiger partial charge is 0.489 e. The molecule has 1 atom stereocenters. The molecule has 2 aliphatic heterocycles. The highest BCUT2D eigenvalue weighted by molar-refractivity contribution is 6.31. The number of aryl methyl sites for hydroxylation is 1. The molecule has 2 aromatic carbocycles. The Kier molecular flexibility index (Phi) is 5.72. The number of likely N-dealkylation sites (N-methyl/N-ethyl adjacent to an activating group) is 1. The summed E-state index contributed by atoms with van der Waals surface area (Å²) in [5, 5.41) is 9.46. The summed E-state index contributed by atoms with van der Waals surface area (Å²) in [4.78, 5) is 30.2. The zero-order valence-corrected chi connectivity index (χ0v) is 21.2. The van der Waals surface area contributed by atoms with Crippen molar-refractivity contribution < 1.29 is 14.3 Å². The predicted octanol–water partition coefficient (Wildman–Crippen LogP) is 3.41. The molecule has 2 aliphatic rings. The van der Waals surface area contributed by atoms with Crippen LogP contribution in [0.5, 0.6) is 5.75 Å². The van der Waals surface area contributed by atoms with Gasteiger partial charge in [-0.3, -0.25) is 14.3 Å². The monoisotopic (exact) mass is 516 g/mol. The van der Waals surface area contributed by atoms with Crippen molar-refractivity contribution in [3.8, 4) is 17.0 Å². The smallest absolute Gasteiger partial charge is 0.275 e. The number of amides is 2. The van der Waals surface area contributed by atoms with E-state index >= 15 is 0 Å². The molecular weight excluding hydrogens is 492 g/mol. The van der Waals surface area contributed by atoms with Crippen molar-refractivity contribution in [3.05, 3.63) is 82.8 Å². The molecule has 0 saturated heterocycles. The zero-order chi connectivity index (χ0) is 25.7. The van der Waals surface area contributed by atoms with Gasteiger partial charge in [-0.05, 0) is 30.2 Å². The molecule has 10 heteroatoms. The Balaban J connectivity index is 1.26. The van der Waals surface area contributed by atoms with Crippen LogP contribution in [0.1, 0.15) is 21.6 Å². The fourth-order valence-electron chi connectivity index (χ4n) is 4.94. The van der Waals surface area contributed by atoms with Gasteiger partial charge in [0, 0.05) is 38.0 Å². The third-order valence-electron chi connectivity index (χ3n) is 6.94. The Labute approximate surface area is 218 Å². The number of carbonyl (C=O) groups is 2. The number of hydrogen-bond donors (Lipinski definition) is 0. The summed E-state index contributed by atoms with van der Waals surface area (Å²) in [6, 6.07) is 16.6. The highest BCUT2D eigenvalue weighted by Crippen LogP contribution is 2.36. The number of rotatable bonds is 4. The lowest BCUT2D eigenvalue weighted by Gasteiger charge is -2.33. The number of carbonyl (C=O) groups excluding carboxylic acids is 2. The van der Waals surface area contributed by atoms with Gasteiger partial charge in [0.05, 0.1) is 17.9 Å². The average molecular weight is 517 g/mol. The second-order valence-electron chi connectivity index (χ2n) is 9.29. The van der Waals surface area contributed by atoms with Gasteiger partial charge >= 0.3 is 0 Å². The van der Waals surface area contributed by atoms with Gasteiger partial charge in [0.25, 0.3) is 11.8 Å². The molecule has 0 fully saturated rings. The third kappa shape index (κ3) is 4.05. The Bertz CT molecular complexity index is 1510. The van der Waals surface area contributed by atoms with Crippen LogP contribution in [0, 0.1) is 0 Å². The lowest BCUT2D eigenvalue weighted by Crippen LogP contribution is -2.54. The summed E-state index contributed by atoms with van der Waals surface area (Å²) in [5.74, 6) is 0.0447. The van der Waals surface area contributed by atoms with Gasteiger partial charge in [0.2, 0.25) is 0 Å². The van der Waals surface area contributed by atoms with Gasteiger partial charge < -0.3 is 14.5 Å². The number of aromatic nitrogens is 4. The standard InChI is InChI=1S/C27H25ClN6O3/c1-31-12-11-20(29-31)18-8-9-21-23(14-18)37-16-22(26(35)32(21)2)33-13-10-19-24(27(33)36)30-34(25(19)28)15-17-6-4-3-5-7-17/h3-9,11-12,14,22H,10,13,15-16H2,1-2H3/t22-/m0/s1. The van der Waals surface area contributed by atoms with E-state index in [0.29, 0.717) is 41.8 Å². The van der Waals surface area contributed by atoms with Crippen LogP contribution in [0.4, 0.5) is 5.69 Å². The molecule has 0 saturated carbocycles. The van der Waals surface area contributed by atoms with E-state index in [0.717, 1.165) is 22.4 Å². The van der Waals surface area contributed by atoms with Crippen molar-refractivity contribution >= 4 is 29.1 Å². The highest BCUT2D eigenvalue weighted by Gasteiger charge is 2.41. The van der Waals surface area contributed by atoms with Crippen LogP contribution in [-0.4, -0.2) is 62.5 Å². The zero-order valence-electron chi connectivity index (χ0n) is 20.5. The maximum Gasteiger partial charge on any atom is 0.275 e. The number of fused-ring (bicyclic) bond motifs is 2. The van der Waals surface area contributed by atoms with E-state index in [4.69, 9.17) is 16.3 Å². The van der Waals surface area contributed by atoms with Gasteiger partial charge in [-0.1, -0.05) is 48.0 Å². The fourth-order valence-corrected chi connectivity index (χ4v) is 5.22. The third-order valence-corrected chi connectivity index (χ3v) is 7.37. The number of nitrogens with zero attached hydrogens (tertiary/aromatic N) is 6. The molecule has 37 heavy (non-hydrogen) atoms. The van der Waals surface area contributed by atoms with E-state index in [-0.39, 0.29) is 18.4 Å². The Morgan fingerprint density at radius 1 is 1.05 bits per heavy atom. The average Bonchev–Trinajstić information content (AvgIpc) is 3.45. The van der Waals surface area contributed by atoms with Crippen molar-refractivity contribution in [1.29, 1.82) is 0 Å².